The standard InChI is InChI=1S/C12H18ClIN2O/c1-7(6-17-5)11-15-9(12(2,3)4)8(14)10(13)16-11/h7H,6H2,1-5H3. The van der Waals surface area contributed by atoms with Gasteiger partial charge in [-0.05, 0) is 22.6 Å². The van der Waals surface area contributed by atoms with Crippen LogP contribution in [0.5, 0.6) is 0 Å². The maximum absolute atomic E-state index is 6.17. The Morgan fingerprint density at radius 3 is 2.41 bits per heavy atom. The van der Waals surface area contributed by atoms with Crippen LogP contribution in [0.1, 0.15) is 45.1 Å². The fourth-order valence-corrected chi connectivity index (χ4v) is 2.70. The lowest BCUT2D eigenvalue weighted by atomic mass is 9.92. The van der Waals surface area contributed by atoms with Crippen LogP contribution in [-0.4, -0.2) is 23.7 Å². The molecule has 5 heteroatoms. The van der Waals surface area contributed by atoms with Gasteiger partial charge in [0.1, 0.15) is 11.0 Å². The number of halogens is 2. The van der Waals surface area contributed by atoms with Gasteiger partial charge in [0.05, 0.1) is 15.9 Å². The summed E-state index contributed by atoms with van der Waals surface area (Å²) in [5, 5.41) is 0.531. The highest BCUT2D eigenvalue weighted by Gasteiger charge is 2.23. The third kappa shape index (κ3) is 3.76. The van der Waals surface area contributed by atoms with E-state index in [0.29, 0.717) is 11.8 Å². The second kappa shape index (κ2) is 5.80. The molecule has 0 fully saturated rings. The molecule has 0 bridgehead atoms. The van der Waals surface area contributed by atoms with Gasteiger partial charge >= 0.3 is 0 Å². The van der Waals surface area contributed by atoms with Crippen LogP contribution in [0, 0.1) is 3.57 Å². The number of rotatable bonds is 3. The minimum Gasteiger partial charge on any atom is -0.384 e. The Morgan fingerprint density at radius 1 is 1.35 bits per heavy atom. The summed E-state index contributed by atoms with van der Waals surface area (Å²) in [5.74, 6) is 0.901. The fraction of sp³-hybridized carbons (Fsp3) is 0.667. The minimum absolute atomic E-state index is 0.0371. The summed E-state index contributed by atoms with van der Waals surface area (Å²) in [5.41, 5.74) is 0.959. The van der Waals surface area contributed by atoms with Crippen molar-refractivity contribution in [1.82, 2.24) is 9.97 Å². The molecule has 0 aliphatic carbocycles. The van der Waals surface area contributed by atoms with Gasteiger partial charge in [0, 0.05) is 18.4 Å². The van der Waals surface area contributed by atoms with Crippen LogP contribution >= 0.6 is 34.2 Å². The average molecular weight is 369 g/mol. The van der Waals surface area contributed by atoms with E-state index in [9.17, 15) is 0 Å². The van der Waals surface area contributed by atoms with Crippen molar-refractivity contribution in [2.45, 2.75) is 39.0 Å². The van der Waals surface area contributed by atoms with Crippen molar-refractivity contribution in [2.24, 2.45) is 0 Å². The summed E-state index contributed by atoms with van der Waals surface area (Å²) in [6.07, 6.45) is 0. The van der Waals surface area contributed by atoms with Crippen LogP contribution in [0.3, 0.4) is 0 Å². The molecule has 1 atom stereocenters. The van der Waals surface area contributed by atoms with E-state index in [1.165, 1.54) is 0 Å². The monoisotopic (exact) mass is 368 g/mol. The molecule has 0 amide bonds. The van der Waals surface area contributed by atoms with Gasteiger partial charge in [0.2, 0.25) is 0 Å². The van der Waals surface area contributed by atoms with E-state index in [4.69, 9.17) is 16.3 Å². The molecule has 17 heavy (non-hydrogen) atoms. The summed E-state index contributed by atoms with van der Waals surface area (Å²) < 4.78 is 6.06. The van der Waals surface area contributed by atoms with E-state index >= 15 is 0 Å². The highest BCUT2D eigenvalue weighted by Crippen LogP contribution is 2.30. The molecule has 0 N–H and O–H groups in total. The Bertz CT molecular complexity index is 404. The second-order valence-electron chi connectivity index (χ2n) is 5.14. The van der Waals surface area contributed by atoms with E-state index in [0.717, 1.165) is 15.1 Å². The molecule has 0 radical (unpaired) electrons. The van der Waals surface area contributed by atoms with Crippen molar-refractivity contribution in [3.63, 3.8) is 0 Å². The summed E-state index contributed by atoms with van der Waals surface area (Å²) in [6, 6.07) is 0. The van der Waals surface area contributed by atoms with E-state index in [1.807, 2.05) is 6.92 Å². The smallest absolute Gasteiger partial charge is 0.146 e. The number of hydrogen-bond donors (Lipinski definition) is 0. The summed E-state index contributed by atoms with van der Waals surface area (Å²) >= 11 is 8.37. The molecule has 0 spiro atoms. The Morgan fingerprint density at radius 2 is 1.94 bits per heavy atom. The van der Waals surface area contributed by atoms with Crippen LogP contribution in [0.15, 0.2) is 0 Å². The summed E-state index contributed by atoms with van der Waals surface area (Å²) in [7, 11) is 1.68. The van der Waals surface area contributed by atoms with Crippen LogP contribution in [0.4, 0.5) is 0 Å². The topological polar surface area (TPSA) is 35.0 Å². The lowest BCUT2D eigenvalue weighted by molar-refractivity contribution is 0.181. The number of nitrogens with zero attached hydrogens (tertiary/aromatic N) is 2. The molecule has 1 unspecified atom stereocenters. The van der Waals surface area contributed by atoms with Gasteiger partial charge in [-0.2, -0.15) is 0 Å². The SMILES string of the molecule is COCC(C)c1nc(Cl)c(I)c(C(C)(C)C)n1. The van der Waals surface area contributed by atoms with Crippen molar-refractivity contribution >= 4 is 34.2 Å². The Hall–Kier alpha value is 0.0600. The first-order valence-corrected chi connectivity index (χ1v) is 6.95. The predicted octanol–water partition coefficient (Wildman–Crippen LogP) is 3.78. The third-order valence-electron chi connectivity index (χ3n) is 2.40. The van der Waals surface area contributed by atoms with Crippen LogP contribution in [0.25, 0.3) is 0 Å². The van der Waals surface area contributed by atoms with Gasteiger partial charge in [0.15, 0.2) is 0 Å². The lowest BCUT2D eigenvalue weighted by Crippen LogP contribution is -2.19. The van der Waals surface area contributed by atoms with Gasteiger partial charge in [-0.1, -0.05) is 39.3 Å². The molecule has 3 nitrogen and oxygen atoms in total. The van der Waals surface area contributed by atoms with Gasteiger partial charge in [-0.15, -0.1) is 0 Å². The summed E-state index contributed by atoms with van der Waals surface area (Å²) in [6.45, 7) is 9.00. The molecule has 0 saturated heterocycles. The normalized spacial score (nSPS) is 13.8. The van der Waals surface area contributed by atoms with Crippen molar-refractivity contribution in [3.8, 4) is 0 Å². The average Bonchev–Trinajstić information content (AvgIpc) is 2.20. The van der Waals surface area contributed by atoms with Crippen LogP contribution < -0.4 is 0 Å². The minimum atomic E-state index is -0.0371. The lowest BCUT2D eigenvalue weighted by Gasteiger charge is -2.21. The largest absolute Gasteiger partial charge is 0.384 e. The molecular weight excluding hydrogens is 351 g/mol. The predicted molar refractivity (Wildman–Crippen MR) is 78.8 cm³/mol. The molecule has 1 aromatic rings. The Labute approximate surface area is 121 Å². The quantitative estimate of drug-likeness (QED) is 0.601. The third-order valence-corrected chi connectivity index (χ3v) is 4.01. The molecule has 0 aliphatic rings. The highest BCUT2D eigenvalue weighted by molar-refractivity contribution is 14.1. The zero-order chi connectivity index (χ0) is 13.2. The van der Waals surface area contributed by atoms with Crippen molar-refractivity contribution < 1.29 is 4.74 Å². The van der Waals surface area contributed by atoms with E-state index < -0.39 is 0 Å². The summed E-state index contributed by atoms with van der Waals surface area (Å²) in [4.78, 5) is 8.97. The number of methoxy groups -OCH3 is 1. The Balaban J connectivity index is 3.24. The van der Waals surface area contributed by atoms with E-state index in [-0.39, 0.29) is 11.3 Å². The maximum Gasteiger partial charge on any atom is 0.146 e. The van der Waals surface area contributed by atoms with Crippen molar-refractivity contribution in [3.05, 3.63) is 20.2 Å². The van der Waals surface area contributed by atoms with Crippen molar-refractivity contribution in [1.29, 1.82) is 0 Å². The van der Waals surface area contributed by atoms with Gasteiger partial charge in [0.25, 0.3) is 0 Å². The molecule has 0 aromatic carbocycles. The highest BCUT2D eigenvalue weighted by atomic mass is 127. The number of hydrogen-bond acceptors (Lipinski definition) is 3. The maximum atomic E-state index is 6.17. The molecule has 96 valence electrons. The molecule has 1 aromatic heterocycles. The van der Waals surface area contributed by atoms with Crippen LogP contribution in [-0.2, 0) is 10.2 Å². The Kier molecular flexibility index (Phi) is 5.16. The van der Waals surface area contributed by atoms with E-state index in [1.54, 1.807) is 7.11 Å². The molecule has 0 saturated carbocycles. The molecular formula is C12H18ClIN2O. The molecule has 0 aliphatic heterocycles. The first kappa shape index (κ1) is 15.1. The van der Waals surface area contributed by atoms with Gasteiger partial charge in [-0.25, -0.2) is 9.97 Å². The number of aromatic nitrogens is 2. The van der Waals surface area contributed by atoms with E-state index in [2.05, 4.69) is 53.3 Å². The van der Waals surface area contributed by atoms with Crippen LogP contribution in [0.2, 0.25) is 5.15 Å². The van der Waals surface area contributed by atoms with Gasteiger partial charge in [-0.3, -0.25) is 0 Å². The second-order valence-corrected chi connectivity index (χ2v) is 6.58. The molecule has 1 rings (SSSR count). The number of ether oxygens (including phenoxy) is 1. The zero-order valence-electron chi connectivity index (χ0n) is 10.8. The van der Waals surface area contributed by atoms with Crippen molar-refractivity contribution in [2.75, 3.05) is 13.7 Å². The first-order chi connectivity index (χ1) is 7.77. The fourth-order valence-electron chi connectivity index (χ4n) is 1.48. The van der Waals surface area contributed by atoms with Gasteiger partial charge < -0.3 is 4.74 Å². The zero-order valence-corrected chi connectivity index (χ0v) is 13.8. The first-order valence-electron chi connectivity index (χ1n) is 5.49. The molecule has 1 heterocycles.